The Labute approximate surface area is 147 Å². The number of alkyl halides is 3. The number of carbonyl (C=O) groups is 1. The molecule has 8 heteroatoms. The molecule has 0 aromatic heterocycles. The normalized spacial score (nSPS) is 16.5. The summed E-state index contributed by atoms with van der Waals surface area (Å²) < 4.78 is 48.5. The van der Waals surface area contributed by atoms with E-state index in [1.165, 1.54) is 12.1 Å². The van der Waals surface area contributed by atoms with Gasteiger partial charge in [0.2, 0.25) is 6.79 Å². The van der Waals surface area contributed by atoms with Crippen molar-refractivity contribution in [2.75, 3.05) is 24.8 Å². The maximum atomic E-state index is 12.6. The van der Waals surface area contributed by atoms with Crippen molar-refractivity contribution >= 4 is 11.7 Å². The lowest BCUT2D eigenvalue weighted by atomic mass is 10.1. The van der Waals surface area contributed by atoms with E-state index in [1.807, 2.05) is 0 Å². The summed E-state index contributed by atoms with van der Waals surface area (Å²) in [7, 11) is 0. The van der Waals surface area contributed by atoms with E-state index < -0.39 is 11.7 Å². The van der Waals surface area contributed by atoms with E-state index in [1.54, 1.807) is 28.0 Å². The van der Waals surface area contributed by atoms with Crippen LogP contribution in [0.4, 0.5) is 23.7 Å². The summed E-state index contributed by atoms with van der Waals surface area (Å²) >= 11 is 0. The van der Waals surface area contributed by atoms with Gasteiger partial charge in [-0.1, -0.05) is 12.1 Å². The minimum absolute atomic E-state index is 0.160. The highest BCUT2D eigenvalue weighted by Crippen LogP contribution is 2.36. The van der Waals surface area contributed by atoms with Crippen LogP contribution in [0.1, 0.15) is 11.1 Å². The minimum atomic E-state index is -4.36. The van der Waals surface area contributed by atoms with Crippen LogP contribution in [0.3, 0.4) is 0 Å². The molecule has 0 saturated carbocycles. The molecule has 2 aliphatic heterocycles. The van der Waals surface area contributed by atoms with Gasteiger partial charge in [-0.3, -0.25) is 4.90 Å². The topological polar surface area (TPSA) is 42.0 Å². The minimum Gasteiger partial charge on any atom is -0.454 e. The van der Waals surface area contributed by atoms with Crippen molar-refractivity contribution in [2.45, 2.75) is 12.7 Å². The number of hydrogen-bond acceptors (Lipinski definition) is 3. The monoisotopic (exact) mass is 364 g/mol. The lowest BCUT2D eigenvalue weighted by Gasteiger charge is -2.19. The third-order valence-electron chi connectivity index (χ3n) is 4.42. The molecule has 2 amide bonds. The summed E-state index contributed by atoms with van der Waals surface area (Å²) in [6, 6.07) is 9.97. The number of anilines is 1. The molecule has 5 nitrogen and oxygen atoms in total. The molecule has 2 heterocycles. The Bertz CT molecular complexity index is 837. The van der Waals surface area contributed by atoms with Crippen LogP contribution in [0.25, 0.3) is 0 Å². The summed E-state index contributed by atoms with van der Waals surface area (Å²) in [5.41, 5.74) is 0.657. The zero-order valence-corrected chi connectivity index (χ0v) is 13.6. The quantitative estimate of drug-likeness (QED) is 0.830. The van der Waals surface area contributed by atoms with E-state index in [4.69, 9.17) is 9.47 Å². The number of ether oxygens (including phenoxy) is 2. The fourth-order valence-corrected chi connectivity index (χ4v) is 3.04. The van der Waals surface area contributed by atoms with E-state index in [0.29, 0.717) is 35.8 Å². The Morgan fingerprint density at radius 3 is 2.42 bits per heavy atom. The van der Waals surface area contributed by atoms with Crippen LogP contribution in [0, 0.1) is 0 Å². The molecule has 0 radical (unpaired) electrons. The van der Waals surface area contributed by atoms with E-state index in [-0.39, 0.29) is 19.4 Å². The first kappa shape index (κ1) is 16.6. The van der Waals surface area contributed by atoms with Crippen LogP contribution in [-0.2, 0) is 12.7 Å². The molecule has 0 atom stereocenters. The van der Waals surface area contributed by atoms with Gasteiger partial charge in [-0.15, -0.1) is 0 Å². The Morgan fingerprint density at radius 1 is 0.962 bits per heavy atom. The highest BCUT2D eigenvalue weighted by molar-refractivity contribution is 5.94. The summed E-state index contributed by atoms with van der Waals surface area (Å²) in [5.74, 6) is 1.23. The van der Waals surface area contributed by atoms with Crippen molar-refractivity contribution < 1.29 is 27.4 Å². The Kier molecular flexibility index (Phi) is 3.90. The van der Waals surface area contributed by atoms with Gasteiger partial charge in [0, 0.05) is 31.4 Å². The SMILES string of the molecule is O=C1N(Cc2ccc(C(F)(F)F)cc2)CCN1c1ccc2c(c1)OCO2. The summed E-state index contributed by atoms with van der Waals surface area (Å²) in [6.45, 7) is 1.41. The van der Waals surface area contributed by atoms with E-state index in [0.717, 1.165) is 12.1 Å². The van der Waals surface area contributed by atoms with E-state index in [2.05, 4.69) is 0 Å². The predicted octanol–water partition coefficient (Wildman–Crippen LogP) is 3.88. The maximum absolute atomic E-state index is 12.6. The first-order valence-corrected chi connectivity index (χ1v) is 8.04. The van der Waals surface area contributed by atoms with Gasteiger partial charge in [0.1, 0.15) is 0 Å². The lowest BCUT2D eigenvalue weighted by molar-refractivity contribution is -0.137. The first-order chi connectivity index (χ1) is 12.4. The predicted molar refractivity (Wildman–Crippen MR) is 87.2 cm³/mol. The van der Waals surface area contributed by atoms with E-state index >= 15 is 0 Å². The second kappa shape index (κ2) is 6.12. The molecule has 2 aromatic rings. The van der Waals surface area contributed by atoms with Crippen LogP contribution in [0.2, 0.25) is 0 Å². The Balaban J connectivity index is 1.46. The summed E-state index contributed by atoms with van der Waals surface area (Å²) in [5, 5.41) is 0. The van der Waals surface area contributed by atoms with Gasteiger partial charge < -0.3 is 14.4 Å². The van der Waals surface area contributed by atoms with Gasteiger partial charge in [-0.2, -0.15) is 13.2 Å². The number of halogens is 3. The van der Waals surface area contributed by atoms with Crippen molar-refractivity contribution in [3.05, 3.63) is 53.6 Å². The van der Waals surface area contributed by atoms with Gasteiger partial charge in [0.25, 0.3) is 0 Å². The van der Waals surface area contributed by atoms with Crippen LogP contribution < -0.4 is 14.4 Å². The van der Waals surface area contributed by atoms with Crippen LogP contribution >= 0.6 is 0 Å². The number of amides is 2. The maximum Gasteiger partial charge on any atom is 0.416 e. The smallest absolute Gasteiger partial charge is 0.416 e. The van der Waals surface area contributed by atoms with Crippen LogP contribution in [0.5, 0.6) is 11.5 Å². The van der Waals surface area contributed by atoms with Crippen molar-refractivity contribution in [1.29, 1.82) is 0 Å². The molecule has 0 unspecified atom stereocenters. The van der Waals surface area contributed by atoms with Crippen molar-refractivity contribution in [1.82, 2.24) is 4.90 Å². The molecule has 2 aliphatic rings. The lowest BCUT2D eigenvalue weighted by Crippen LogP contribution is -2.31. The molecule has 136 valence electrons. The molecule has 0 aliphatic carbocycles. The third-order valence-corrected chi connectivity index (χ3v) is 4.42. The standard InChI is InChI=1S/C18H15F3N2O3/c19-18(20,21)13-3-1-12(2-4-13)10-22-7-8-23(17(22)24)14-5-6-15-16(9-14)26-11-25-15/h1-6,9H,7-8,10-11H2. The highest BCUT2D eigenvalue weighted by atomic mass is 19.4. The average Bonchev–Trinajstić information content (AvgIpc) is 3.21. The van der Waals surface area contributed by atoms with Crippen molar-refractivity contribution in [2.24, 2.45) is 0 Å². The van der Waals surface area contributed by atoms with Crippen molar-refractivity contribution in [3.63, 3.8) is 0 Å². The zero-order valence-electron chi connectivity index (χ0n) is 13.6. The fraction of sp³-hybridized carbons (Fsp3) is 0.278. The molecular weight excluding hydrogens is 349 g/mol. The molecule has 1 fully saturated rings. The van der Waals surface area contributed by atoms with Crippen LogP contribution in [0.15, 0.2) is 42.5 Å². The van der Waals surface area contributed by atoms with Gasteiger partial charge in [0.15, 0.2) is 11.5 Å². The zero-order chi connectivity index (χ0) is 18.3. The molecule has 26 heavy (non-hydrogen) atoms. The molecular formula is C18H15F3N2O3. The van der Waals surface area contributed by atoms with Gasteiger partial charge in [-0.05, 0) is 29.8 Å². The number of hydrogen-bond donors (Lipinski definition) is 0. The number of urea groups is 1. The number of nitrogens with zero attached hydrogens (tertiary/aromatic N) is 2. The average molecular weight is 364 g/mol. The second-order valence-corrected chi connectivity index (χ2v) is 6.09. The number of rotatable bonds is 3. The first-order valence-electron chi connectivity index (χ1n) is 8.04. The number of carbonyl (C=O) groups excluding carboxylic acids is 1. The van der Waals surface area contributed by atoms with Gasteiger partial charge in [-0.25, -0.2) is 4.79 Å². The highest BCUT2D eigenvalue weighted by Gasteiger charge is 2.32. The third kappa shape index (κ3) is 3.02. The van der Waals surface area contributed by atoms with Crippen molar-refractivity contribution in [3.8, 4) is 11.5 Å². The Morgan fingerprint density at radius 2 is 1.69 bits per heavy atom. The fourth-order valence-electron chi connectivity index (χ4n) is 3.04. The molecule has 0 bridgehead atoms. The van der Waals surface area contributed by atoms with E-state index in [9.17, 15) is 18.0 Å². The molecule has 4 rings (SSSR count). The molecule has 0 spiro atoms. The Hall–Kier alpha value is -2.90. The molecule has 0 N–H and O–H groups in total. The number of benzene rings is 2. The molecule has 2 aromatic carbocycles. The second-order valence-electron chi connectivity index (χ2n) is 6.09. The summed E-state index contributed by atoms with van der Waals surface area (Å²) in [4.78, 5) is 15.9. The summed E-state index contributed by atoms with van der Waals surface area (Å²) in [6.07, 6.45) is -4.36. The van der Waals surface area contributed by atoms with Gasteiger partial charge in [0.05, 0.1) is 5.56 Å². The number of fused-ring (bicyclic) bond motifs is 1. The molecule has 1 saturated heterocycles. The van der Waals surface area contributed by atoms with Gasteiger partial charge >= 0.3 is 12.2 Å². The van der Waals surface area contributed by atoms with Crippen LogP contribution in [-0.4, -0.2) is 30.8 Å². The largest absolute Gasteiger partial charge is 0.454 e.